The van der Waals surface area contributed by atoms with Crippen molar-refractivity contribution < 1.29 is 14.3 Å². The van der Waals surface area contributed by atoms with Gasteiger partial charge in [-0.25, -0.2) is 9.78 Å². The van der Waals surface area contributed by atoms with E-state index in [0.29, 0.717) is 24.3 Å². The van der Waals surface area contributed by atoms with Crippen LogP contribution in [0.25, 0.3) is 11.0 Å². The third-order valence-electron chi connectivity index (χ3n) is 5.02. The van der Waals surface area contributed by atoms with E-state index in [2.05, 4.69) is 15.4 Å². The molecule has 0 aromatic carbocycles. The van der Waals surface area contributed by atoms with Gasteiger partial charge >= 0.3 is 6.09 Å². The molecular formula is C18H22ClN5O3. The molecule has 1 N–H and O–H groups in total. The molecule has 2 amide bonds. The van der Waals surface area contributed by atoms with Gasteiger partial charge in [-0.1, -0.05) is 19.3 Å². The molecule has 2 aromatic heterocycles. The van der Waals surface area contributed by atoms with Gasteiger partial charge in [-0.05, 0) is 51.3 Å². The molecular weight excluding hydrogens is 370 g/mol. The van der Waals surface area contributed by atoms with Crippen molar-refractivity contribution in [3.8, 4) is 0 Å². The van der Waals surface area contributed by atoms with Crippen LogP contribution < -0.4 is 5.43 Å². The summed E-state index contributed by atoms with van der Waals surface area (Å²) < 4.78 is 7.32. The van der Waals surface area contributed by atoms with E-state index in [4.69, 9.17) is 16.3 Å². The Morgan fingerprint density at radius 1 is 1.30 bits per heavy atom. The molecule has 144 valence electrons. The van der Waals surface area contributed by atoms with Crippen LogP contribution in [0.2, 0.25) is 5.28 Å². The highest BCUT2D eigenvalue weighted by atomic mass is 35.5. The lowest BCUT2D eigenvalue weighted by Gasteiger charge is -2.45. The fourth-order valence-corrected chi connectivity index (χ4v) is 4.09. The van der Waals surface area contributed by atoms with Gasteiger partial charge in [0, 0.05) is 11.6 Å². The first-order chi connectivity index (χ1) is 12.7. The maximum absolute atomic E-state index is 13.5. The van der Waals surface area contributed by atoms with E-state index in [1.165, 1.54) is 0 Å². The summed E-state index contributed by atoms with van der Waals surface area (Å²) in [6.07, 6.45) is 5.02. The van der Waals surface area contributed by atoms with Crippen LogP contribution in [0, 0.1) is 0 Å². The summed E-state index contributed by atoms with van der Waals surface area (Å²) in [5, 5.41) is 1.88. The Balaban J connectivity index is 1.86. The van der Waals surface area contributed by atoms with Gasteiger partial charge < -0.3 is 4.74 Å². The summed E-state index contributed by atoms with van der Waals surface area (Å²) in [5.41, 5.74) is 1.92. The van der Waals surface area contributed by atoms with E-state index in [1.54, 1.807) is 27.0 Å². The van der Waals surface area contributed by atoms with Crippen LogP contribution in [0.3, 0.4) is 0 Å². The molecule has 0 atom stereocenters. The highest BCUT2D eigenvalue weighted by molar-refractivity contribution is 6.28. The Bertz CT molecular complexity index is 927. The standard InChI is InChI=1S/C18H22ClN5O3/c1-17(2,3)27-16(26)24-14(25)18(7-5-4-6-8-18)23-12(22-24)9-11-10-20-15(19)21-13(11)23/h9-10,22H,4-8H2,1-3H3. The number of nitrogens with zero attached hydrogens (tertiary/aromatic N) is 4. The van der Waals surface area contributed by atoms with Crippen LogP contribution in [0.15, 0.2) is 12.3 Å². The first kappa shape index (κ1) is 18.0. The number of hydrazine groups is 1. The van der Waals surface area contributed by atoms with Crippen LogP contribution in [-0.4, -0.2) is 37.1 Å². The molecule has 4 rings (SSSR count). The molecule has 3 heterocycles. The second-order valence-corrected chi connectivity index (χ2v) is 8.45. The Hall–Kier alpha value is -2.35. The lowest BCUT2D eigenvalue weighted by Crippen LogP contribution is -2.60. The summed E-state index contributed by atoms with van der Waals surface area (Å²) in [4.78, 5) is 34.6. The van der Waals surface area contributed by atoms with E-state index in [-0.39, 0.29) is 11.2 Å². The first-order valence-corrected chi connectivity index (χ1v) is 9.48. The van der Waals surface area contributed by atoms with E-state index >= 15 is 0 Å². The van der Waals surface area contributed by atoms with Crippen molar-refractivity contribution in [2.24, 2.45) is 0 Å². The summed E-state index contributed by atoms with van der Waals surface area (Å²) in [7, 11) is 0. The molecule has 1 saturated carbocycles. The molecule has 1 aliphatic carbocycles. The van der Waals surface area contributed by atoms with E-state index in [9.17, 15) is 9.59 Å². The Labute approximate surface area is 161 Å². The topological polar surface area (TPSA) is 89.3 Å². The second-order valence-electron chi connectivity index (χ2n) is 8.11. The number of fused-ring (bicyclic) bond motifs is 4. The Morgan fingerprint density at radius 3 is 2.67 bits per heavy atom. The number of amides is 2. The number of hydrogen-bond acceptors (Lipinski definition) is 6. The van der Waals surface area contributed by atoms with Gasteiger partial charge in [0.1, 0.15) is 22.6 Å². The molecule has 2 aliphatic rings. The quantitative estimate of drug-likeness (QED) is 0.686. The number of hydrogen-bond donors (Lipinski definition) is 1. The van der Waals surface area contributed by atoms with Crippen molar-refractivity contribution in [2.75, 3.05) is 5.43 Å². The average molecular weight is 392 g/mol. The van der Waals surface area contributed by atoms with Crippen molar-refractivity contribution in [2.45, 2.75) is 64.0 Å². The van der Waals surface area contributed by atoms with Crippen molar-refractivity contribution in [3.63, 3.8) is 0 Å². The number of carbonyl (C=O) groups excluding carboxylic acids is 2. The highest BCUT2D eigenvalue weighted by Crippen LogP contribution is 2.44. The molecule has 1 spiro atoms. The van der Waals surface area contributed by atoms with Crippen LogP contribution >= 0.6 is 11.6 Å². The molecule has 0 radical (unpaired) electrons. The minimum Gasteiger partial charge on any atom is -0.442 e. The van der Waals surface area contributed by atoms with E-state index in [0.717, 1.165) is 29.7 Å². The van der Waals surface area contributed by atoms with Crippen molar-refractivity contribution in [1.82, 2.24) is 19.5 Å². The number of imide groups is 1. The minimum atomic E-state index is -0.880. The number of halogens is 1. The summed E-state index contributed by atoms with van der Waals surface area (Å²) in [6.45, 7) is 5.30. The highest BCUT2D eigenvalue weighted by Gasteiger charge is 2.51. The van der Waals surface area contributed by atoms with Gasteiger partial charge in [0.25, 0.3) is 5.91 Å². The Morgan fingerprint density at radius 2 is 2.00 bits per heavy atom. The van der Waals surface area contributed by atoms with Crippen LogP contribution in [-0.2, 0) is 15.1 Å². The molecule has 0 saturated heterocycles. The normalized spacial score (nSPS) is 19.1. The number of ether oxygens (including phenoxy) is 1. The van der Waals surface area contributed by atoms with E-state index < -0.39 is 17.2 Å². The molecule has 0 bridgehead atoms. The predicted molar refractivity (Wildman–Crippen MR) is 100 cm³/mol. The maximum atomic E-state index is 13.5. The number of rotatable bonds is 0. The average Bonchev–Trinajstić information content (AvgIpc) is 2.95. The molecule has 1 fully saturated rings. The number of nitrogens with one attached hydrogen (secondary N) is 1. The second kappa shape index (κ2) is 6.09. The van der Waals surface area contributed by atoms with E-state index in [1.807, 2.05) is 10.6 Å². The number of aromatic nitrogens is 3. The smallest absolute Gasteiger partial charge is 0.436 e. The molecule has 0 unspecified atom stereocenters. The lowest BCUT2D eigenvalue weighted by molar-refractivity contribution is -0.141. The van der Waals surface area contributed by atoms with Gasteiger partial charge in [0.2, 0.25) is 5.28 Å². The molecule has 2 aromatic rings. The minimum absolute atomic E-state index is 0.122. The third-order valence-corrected chi connectivity index (χ3v) is 5.21. The van der Waals surface area contributed by atoms with Crippen LogP contribution in [0.1, 0.15) is 52.9 Å². The van der Waals surface area contributed by atoms with Gasteiger partial charge in [0.05, 0.1) is 0 Å². The summed E-state index contributed by atoms with van der Waals surface area (Å²) in [6, 6.07) is 1.83. The number of carbonyl (C=O) groups is 2. The maximum Gasteiger partial charge on any atom is 0.436 e. The zero-order chi connectivity index (χ0) is 19.4. The molecule has 8 nitrogen and oxygen atoms in total. The molecule has 1 aliphatic heterocycles. The van der Waals surface area contributed by atoms with Gasteiger partial charge in [-0.3, -0.25) is 14.8 Å². The predicted octanol–water partition coefficient (Wildman–Crippen LogP) is 3.85. The zero-order valence-corrected chi connectivity index (χ0v) is 16.3. The molecule has 9 heteroatoms. The van der Waals surface area contributed by atoms with Crippen molar-refractivity contribution >= 4 is 40.5 Å². The zero-order valence-electron chi connectivity index (χ0n) is 15.6. The monoisotopic (exact) mass is 391 g/mol. The summed E-state index contributed by atoms with van der Waals surface area (Å²) >= 11 is 6.01. The van der Waals surface area contributed by atoms with Gasteiger partial charge in [-0.2, -0.15) is 9.99 Å². The van der Waals surface area contributed by atoms with Crippen molar-refractivity contribution in [1.29, 1.82) is 0 Å². The number of anilines is 1. The van der Waals surface area contributed by atoms with Crippen LogP contribution in [0.5, 0.6) is 0 Å². The largest absolute Gasteiger partial charge is 0.442 e. The van der Waals surface area contributed by atoms with Crippen molar-refractivity contribution in [3.05, 3.63) is 17.5 Å². The van der Waals surface area contributed by atoms with Gasteiger partial charge in [-0.15, -0.1) is 0 Å². The molecule has 27 heavy (non-hydrogen) atoms. The van der Waals surface area contributed by atoms with Crippen LogP contribution in [0.4, 0.5) is 10.6 Å². The first-order valence-electron chi connectivity index (χ1n) is 9.10. The third kappa shape index (κ3) is 2.92. The SMILES string of the molecule is CC(C)(C)OC(=O)N1Nc2cc3cnc(Cl)nc3n2C2(CCCCC2)C1=O. The lowest BCUT2D eigenvalue weighted by atomic mass is 9.80. The summed E-state index contributed by atoms with van der Waals surface area (Å²) in [5.74, 6) is 0.283. The van der Waals surface area contributed by atoms with Gasteiger partial charge in [0.15, 0.2) is 0 Å². The Kier molecular flexibility index (Phi) is 4.06. The fourth-order valence-electron chi connectivity index (χ4n) is 3.96. The fraction of sp³-hybridized carbons (Fsp3) is 0.556.